The van der Waals surface area contributed by atoms with Crippen LogP contribution < -0.4 is 15.3 Å². The summed E-state index contributed by atoms with van der Waals surface area (Å²) in [6.07, 6.45) is 1.22. The Balaban J connectivity index is 2.26. The minimum Gasteiger partial charge on any atom is -0.356 e. The van der Waals surface area contributed by atoms with Crippen molar-refractivity contribution in [3.8, 4) is 5.88 Å². The Hall–Kier alpha value is -2.94. The molecule has 0 spiro atoms. The van der Waals surface area contributed by atoms with Crippen LogP contribution in [0.25, 0.3) is 10.8 Å². The summed E-state index contributed by atoms with van der Waals surface area (Å²) in [5, 5.41) is 6.07. The van der Waals surface area contributed by atoms with E-state index in [1.165, 1.54) is 6.20 Å². The Morgan fingerprint density at radius 1 is 0.871 bits per heavy atom. The molecule has 0 saturated carbocycles. The average Bonchev–Trinajstić information content (AvgIpc) is 2.68. The van der Waals surface area contributed by atoms with Gasteiger partial charge in [-0.25, -0.2) is 5.10 Å². The summed E-state index contributed by atoms with van der Waals surface area (Å²) in [4.78, 5) is 26.2. The van der Waals surface area contributed by atoms with Crippen LogP contribution in [0.1, 0.15) is 76.0 Å². The largest absolute Gasteiger partial charge is 0.356 e. The number of hydrogen-bond acceptors (Lipinski definition) is 6. The lowest BCUT2D eigenvalue weighted by Crippen LogP contribution is -2.20. The molecule has 0 radical (unpaired) electrons. The van der Waals surface area contributed by atoms with Gasteiger partial charge >= 0.3 is 10.1 Å². The van der Waals surface area contributed by atoms with Crippen molar-refractivity contribution in [3.63, 3.8) is 0 Å². The number of fused-ring (bicyclic) bond motifs is 1. The predicted molar refractivity (Wildman–Crippen MR) is 120 cm³/mol. The van der Waals surface area contributed by atoms with Gasteiger partial charge in [0, 0.05) is 12.3 Å². The molecule has 0 aliphatic rings. The van der Waals surface area contributed by atoms with Gasteiger partial charge in [0.15, 0.2) is 0 Å². The summed E-state index contributed by atoms with van der Waals surface area (Å²) < 4.78 is 32.5. The molecule has 2 aromatic heterocycles. The molecule has 0 atom stereocenters. The average molecular weight is 446 g/mol. The van der Waals surface area contributed by atoms with E-state index in [-0.39, 0.29) is 39.3 Å². The molecule has 166 valence electrons. The number of aromatic amines is 2. The molecule has 0 aliphatic heterocycles. The molecule has 0 fully saturated rings. The summed E-state index contributed by atoms with van der Waals surface area (Å²) in [5.74, 6) is -0.208. The van der Waals surface area contributed by atoms with E-state index >= 15 is 0 Å². The van der Waals surface area contributed by atoms with Crippen LogP contribution in [0.4, 0.5) is 0 Å². The van der Waals surface area contributed by atoms with Crippen LogP contribution in [0.3, 0.4) is 0 Å². The lowest BCUT2D eigenvalue weighted by molar-refractivity contribution is 0.471. The molecule has 2 N–H and O–H groups in total. The molecule has 0 saturated heterocycles. The maximum absolute atomic E-state index is 13.5. The van der Waals surface area contributed by atoms with E-state index in [4.69, 9.17) is 4.18 Å². The Morgan fingerprint density at radius 2 is 1.45 bits per heavy atom. The highest BCUT2D eigenvalue weighted by Gasteiger charge is 2.30. The van der Waals surface area contributed by atoms with Crippen LogP contribution in [0.2, 0.25) is 0 Å². The molecule has 3 aromatic rings. The Bertz CT molecular complexity index is 1320. The van der Waals surface area contributed by atoms with E-state index in [1.54, 1.807) is 0 Å². The fraction of sp³-hybridized carbons (Fsp3) is 0.409. The first-order valence-electron chi connectivity index (χ1n) is 10.2. The zero-order chi connectivity index (χ0) is 23.1. The third-order valence-corrected chi connectivity index (χ3v) is 6.53. The smallest absolute Gasteiger partial charge is 0.341 e. The second kappa shape index (κ2) is 8.30. The monoisotopic (exact) mass is 445 g/mol. The number of rotatable bonds is 6. The van der Waals surface area contributed by atoms with Crippen LogP contribution in [0.15, 0.2) is 38.9 Å². The van der Waals surface area contributed by atoms with Crippen molar-refractivity contribution >= 4 is 20.9 Å². The van der Waals surface area contributed by atoms with E-state index in [9.17, 15) is 18.0 Å². The Labute approximate surface area is 180 Å². The van der Waals surface area contributed by atoms with Crippen LogP contribution in [-0.4, -0.2) is 23.6 Å². The molecule has 8 nitrogen and oxygen atoms in total. The molecule has 3 rings (SSSR count). The summed E-state index contributed by atoms with van der Waals surface area (Å²) >= 11 is 0. The van der Waals surface area contributed by atoms with Gasteiger partial charge in [0.2, 0.25) is 5.56 Å². The van der Waals surface area contributed by atoms with Crippen molar-refractivity contribution in [3.05, 3.63) is 61.8 Å². The van der Waals surface area contributed by atoms with Crippen LogP contribution in [-0.2, 0) is 10.1 Å². The number of nitrogens with one attached hydrogen (secondary N) is 2. The molecular formula is C22H27N3O5S. The fourth-order valence-corrected chi connectivity index (χ4v) is 5.03. The molecule has 2 heterocycles. The number of benzene rings is 1. The van der Waals surface area contributed by atoms with Crippen LogP contribution in [0.5, 0.6) is 5.88 Å². The van der Waals surface area contributed by atoms with Crippen molar-refractivity contribution in [2.75, 3.05) is 0 Å². The number of pyridine rings is 1. The molecule has 9 heteroatoms. The normalized spacial score (nSPS) is 12.3. The number of H-pyrrole nitrogens is 2. The van der Waals surface area contributed by atoms with E-state index in [0.717, 1.165) is 11.6 Å². The number of nitrogens with zero attached hydrogens (tertiary/aromatic N) is 1. The SMILES string of the molecule is CC(C)c1cc(C(C)C)c(S(=O)(=O)Oc2n[nH]c(=O)c3cc(=O)[nH]cc23)c(C(C)C)c1. The van der Waals surface area contributed by atoms with Gasteiger partial charge in [-0.2, -0.15) is 8.42 Å². The van der Waals surface area contributed by atoms with Gasteiger partial charge in [0.05, 0.1) is 10.8 Å². The Morgan fingerprint density at radius 3 is 1.97 bits per heavy atom. The minimum absolute atomic E-state index is 0.00716. The first kappa shape index (κ1) is 22.7. The lowest BCUT2D eigenvalue weighted by atomic mass is 9.89. The highest BCUT2D eigenvalue weighted by Crippen LogP contribution is 2.36. The Kier molecular flexibility index (Phi) is 6.09. The summed E-state index contributed by atoms with van der Waals surface area (Å²) in [5.41, 5.74) is 1.27. The van der Waals surface area contributed by atoms with Crippen molar-refractivity contribution in [1.29, 1.82) is 0 Å². The van der Waals surface area contributed by atoms with Crippen molar-refractivity contribution in [2.24, 2.45) is 0 Å². The van der Waals surface area contributed by atoms with E-state index in [1.807, 2.05) is 39.8 Å². The zero-order valence-electron chi connectivity index (χ0n) is 18.4. The maximum atomic E-state index is 13.5. The third kappa shape index (κ3) is 4.41. The molecular weight excluding hydrogens is 418 g/mol. The van der Waals surface area contributed by atoms with E-state index < -0.39 is 21.2 Å². The van der Waals surface area contributed by atoms with Gasteiger partial charge in [-0.05, 0) is 34.4 Å². The van der Waals surface area contributed by atoms with E-state index in [0.29, 0.717) is 11.1 Å². The first-order valence-corrected chi connectivity index (χ1v) is 11.6. The topological polar surface area (TPSA) is 122 Å². The predicted octanol–water partition coefficient (Wildman–Crippen LogP) is 3.75. The van der Waals surface area contributed by atoms with Gasteiger partial charge in [0.25, 0.3) is 11.4 Å². The quantitative estimate of drug-likeness (QED) is 0.557. The second-order valence-corrected chi connectivity index (χ2v) is 10.00. The van der Waals surface area contributed by atoms with Gasteiger partial charge < -0.3 is 9.17 Å². The highest BCUT2D eigenvalue weighted by molar-refractivity contribution is 7.87. The summed E-state index contributed by atoms with van der Waals surface area (Å²) in [7, 11) is -4.30. The zero-order valence-corrected chi connectivity index (χ0v) is 19.3. The number of aromatic nitrogens is 3. The van der Waals surface area contributed by atoms with Crippen LogP contribution in [0, 0.1) is 0 Å². The summed E-state index contributed by atoms with van der Waals surface area (Å²) in [6.45, 7) is 11.8. The van der Waals surface area contributed by atoms with Gasteiger partial charge in [-0.1, -0.05) is 53.7 Å². The van der Waals surface area contributed by atoms with E-state index in [2.05, 4.69) is 29.0 Å². The molecule has 0 amide bonds. The first-order chi connectivity index (χ1) is 14.4. The molecule has 0 unspecified atom stereocenters. The molecule has 1 aromatic carbocycles. The minimum atomic E-state index is -4.30. The third-order valence-electron chi connectivity index (χ3n) is 5.18. The van der Waals surface area contributed by atoms with Crippen molar-refractivity contribution in [2.45, 2.75) is 64.2 Å². The van der Waals surface area contributed by atoms with Gasteiger partial charge in [-0.15, -0.1) is 5.10 Å². The fourth-order valence-electron chi connectivity index (χ4n) is 3.45. The molecule has 0 bridgehead atoms. The molecule has 0 aliphatic carbocycles. The lowest BCUT2D eigenvalue weighted by Gasteiger charge is -2.22. The standard InChI is InChI=1S/C22H27N3O5S/c1-11(2)14-7-15(12(3)4)20(16(8-14)13(5)6)31(28,29)30-22-18-10-23-19(26)9-17(18)21(27)24-25-22/h7-13H,1-6H3,(H,23,26)(H,24,27). The highest BCUT2D eigenvalue weighted by atomic mass is 32.2. The second-order valence-electron chi connectivity index (χ2n) is 8.51. The van der Waals surface area contributed by atoms with Crippen molar-refractivity contribution < 1.29 is 12.6 Å². The number of hydrogen-bond donors (Lipinski definition) is 2. The van der Waals surface area contributed by atoms with Gasteiger partial charge in [-0.3, -0.25) is 9.59 Å². The summed E-state index contributed by atoms with van der Waals surface area (Å²) in [6, 6.07) is 4.90. The van der Waals surface area contributed by atoms with Crippen LogP contribution >= 0.6 is 0 Å². The maximum Gasteiger partial charge on any atom is 0.341 e. The van der Waals surface area contributed by atoms with Crippen molar-refractivity contribution in [1.82, 2.24) is 15.2 Å². The molecule has 31 heavy (non-hydrogen) atoms. The van der Waals surface area contributed by atoms with Gasteiger partial charge in [0.1, 0.15) is 4.90 Å².